The third kappa shape index (κ3) is 5.94. The highest BCUT2D eigenvalue weighted by Gasteiger charge is 2.37. The first-order chi connectivity index (χ1) is 18.7. The van der Waals surface area contributed by atoms with Crippen LogP contribution in [0.1, 0.15) is 78.0 Å². The smallest absolute Gasteiger partial charge is 0.309 e. The van der Waals surface area contributed by atoms with Crippen LogP contribution in [0.4, 0.5) is 0 Å². The molecule has 3 aromatic heterocycles. The van der Waals surface area contributed by atoms with E-state index in [-0.39, 0.29) is 35.9 Å². The summed E-state index contributed by atoms with van der Waals surface area (Å²) in [5.74, 6) is -1.10. The number of ketones is 2. The number of Topliss-reactive ketones (excluding diaryl/α,β-unsaturated/α-hetero) is 1. The summed E-state index contributed by atoms with van der Waals surface area (Å²) >= 11 is 6.06. The molecule has 0 bridgehead atoms. The zero-order valence-electron chi connectivity index (χ0n) is 23.5. The predicted octanol–water partition coefficient (Wildman–Crippen LogP) is 6.99. The van der Waals surface area contributed by atoms with Crippen LogP contribution in [0.3, 0.4) is 0 Å². The molecule has 0 aliphatic carbocycles. The standard InChI is InChI=1S/C32H33ClN2O5/c1-19-8-7-9-22(34-19)18-40-23-14-15-25-26(28(36)20-10-12-21(33)13-11-20)24(16-32(5,6)30(38)39)27(35(25)17-23)29(37)31(2,3)4/h7-15,17H,16,18H2,1-6H3,(H,38,39). The molecule has 0 fully saturated rings. The largest absolute Gasteiger partial charge is 0.486 e. The molecule has 4 aromatic rings. The fourth-order valence-corrected chi connectivity index (χ4v) is 4.63. The zero-order chi connectivity index (χ0) is 29.4. The van der Waals surface area contributed by atoms with Crippen LogP contribution in [0.25, 0.3) is 5.52 Å². The van der Waals surface area contributed by atoms with E-state index in [1.807, 2.05) is 25.1 Å². The first-order valence-corrected chi connectivity index (χ1v) is 13.4. The minimum atomic E-state index is -1.25. The van der Waals surface area contributed by atoms with Gasteiger partial charge in [-0.05, 0) is 81.3 Å². The average Bonchev–Trinajstić information content (AvgIpc) is 3.18. The van der Waals surface area contributed by atoms with Gasteiger partial charge in [-0.2, -0.15) is 0 Å². The van der Waals surface area contributed by atoms with Crippen molar-refractivity contribution < 1.29 is 24.2 Å². The minimum Gasteiger partial charge on any atom is -0.486 e. The molecule has 4 rings (SSSR count). The van der Waals surface area contributed by atoms with Gasteiger partial charge in [-0.15, -0.1) is 0 Å². The summed E-state index contributed by atoms with van der Waals surface area (Å²) in [6.45, 7) is 10.7. The van der Waals surface area contributed by atoms with E-state index < -0.39 is 16.8 Å². The molecule has 3 heterocycles. The van der Waals surface area contributed by atoms with Crippen LogP contribution < -0.4 is 4.74 Å². The molecule has 40 heavy (non-hydrogen) atoms. The van der Waals surface area contributed by atoms with E-state index in [1.54, 1.807) is 81.6 Å². The fourth-order valence-electron chi connectivity index (χ4n) is 4.50. The van der Waals surface area contributed by atoms with Gasteiger partial charge in [0.25, 0.3) is 0 Å². The van der Waals surface area contributed by atoms with E-state index >= 15 is 0 Å². The van der Waals surface area contributed by atoms with Gasteiger partial charge in [-0.1, -0.05) is 38.4 Å². The molecule has 208 valence electrons. The number of nitrogens with zero attached hydrogens (tertiary/aromatic N) is 2. The van der Waals surface area contributed by atoms with E-state index in [0.29, 0.717) is 27.4 Å². The lowest BCUT2D eigenvalue weighted by Gasteiger charge is -2.22. The van der Waals surface area contributed by atoms with E-state index in [9.17, 15) is 19.5 Å². The highest BCUT2D eigenvalue weighted by molar-refractivity contribution is 6.30. The highest BCUT2D eigenvalue weighted by atomic mass is 35.5. The topological polar surface area (TPSA) is 98.0 Å². The van der Waals surface area contributed by atoms with Crippen LogP contribution in [0.2, 0.25) is 5.02 Å². The number of aromatic nitrogens is 2. The molecule has 0 unspecified atom stereocenters. The number of fused-ring (bicyclic) bond motifs is 1. The second-order valence-corrected chi connectivity index (χ2v) is 12.1. The van der Waals surface area contributed by atoms with E-state index in [2.05, 4.69) is 4.98 Å². The maximum Gasteiger partial charge on any atom is 0.309 e. The Morgan fingerprint density at radius 3 is 2.25 bits per heavy atom. The van der Waals surface area contributed by atoms with Gasteiger partial charge in [0.15, 0.2) is 11.6 Å². The van der Waals surface area contributed by atoms with Crippen LogP contribution in [-0.2, 0) is 17.8 Å². The van der Waals surface area contributed by atoms with Crippen LogP contribution in [0, 0.1) is 17.8 Å². The van der Waals surface area contributed by atoms with E-state index in [4.69, 9.17) is 16.3 Å². The molecule has 0 aliphatic rings. The third-order valence-electron chi connectivity index (χ3n) is 6.77. The number of carboxylic acid groups (broad SMARTS) is 1. The van der Waals surface area contributed by atoms with Crippen molar-refractivity contribution in [3.05, 3.63) is 99.6 Å². The average molecular weight is 561 g/mol. The van der Waals surface area contributed by atoms with Crippen molar-refractivity contribution in [1.82, 2.24) is 9.38 Å². The maximum atomic E-state index is 14.0. The van der Waals surface area contributed by atoms with Crippen molar-refractivity contribution in [1.29, 1.82) is 0 Å². The van der Waals surface area contributed by atoms with Crippen molar-refractivity contribution in [2.75, 3.05) is 0 Å². The molecule has 0 aliphatic heterocycles. The minimum absolute atomic E-state index is 0.0285. The summed E-state index contributed by atoms with van der Waals surface area (Å²) in [6, 6.07) is 15.6. The Morgan fingerprint density at radius 2 is 1.65 bits per heavy atom. The van der Waals surface area contributed by atoms with Crippen LogP contribution in [-0.4, -0.2) is 32.0 Å². The SMILES string of the molecule is Cc1cccc(COc2ccc3c(C(=O)c4ccc(Cl)cc4)c(CC(C)(C)C(=O)O)c(C(=O)C(C)(C)C)n3c2)n1. The summed E-state index contributed by atoms with van der Waals surface area (Å²) in [7, 11) is 0. The van der Waals surface area contributed by atoms with E-state index in [1.165, 1.54) is 0 Å². The monoisotopic (exact) mass is 560 g/mol. The number of hydrogen-bond donors (Lipinski definition) is 1. The van der Waals surface area contributed by atoms with Crippen molar-refractivity contribution in [3.8, 4) is 5.75 Å². The molecule has 1 N–H and O–H groups in total. The Labute approximate surface area is 238 Å². The van der Waals surface area contributed by atoms with Crippen molar-refractivity contribution in [2.45, 2.75) is 54.6 Å². The maximum absolute atomic E-state index is 14.0. The molecule has 0 atom stereocenters. The second kappa shape index (κ2) is 10.9. The molecule has 0 spiro atoms. The molecule has 1 aromatic carbocycles. The van der Waals surface area contributed by atoms with Crippen molar-refractivity contribution in [2.24, 2.45) is 10.8 Å². The highest BCUT2D eigenvalue weighted by Crippen LogP contribution is 2.37. The van der Waals surface area contributed by atoms with E-state index in [0.717, 1.165) is 11.4 Å². The number of hydrogen-bond acceptors (Lipinski definition) is 5. The summed E-state index contributed by atoms with van der Waals surface area (Å²) in [6.07, 6.45) is 1.65. The Bertz CT molecular complexity index is 1610. The third-order valence-corrected chi connectivity index (χ3v) is 7.02. The Balaban J connectivity index is 1.95. The summed E-state index contributed by atoms with van der Waals surface area (Å²) in [4.78, 5) is 44.6. The predicted molar refractivity (Wildman–Crippen MR) is 154 cm³/mol. The van der Waals surface area contributed by atoms with Gasteiger partial charge in [0.2, 0.25) is 0 Å². The lowest BCUT2D eigenvalue weighted by molar-refractivity contribution is -0.146. The molecule has 0 amide bonds. The van der Waals surface area contributed by atoms with Gasteiger partial charge in [0.05, 0.1) is 34.1 Å². The molecule has 0 saturated carbocycles. The van der Waals surface area contributed by atoms with Gasteiger partial charge in [0.1, 0.15) is 12.4 Å². The number of pyridine rings is 2. The first kappa shape index (κ1) is 29.0. The quantitative estimate of drug-likeness (QED) is 0.222. The molecular weight excluding hydrogens is 528 g/mol. The fraction of sp³-hybridized carbons (Fsp3) is 0.312. The molecule has 0 saturated heterocycles. The van der Waals surface area contributed by atoms with Crippen molar-refractivity contribution in [3.63, 3.8) is 0 Å². The Kier molecular flexibility index (Phi) is 7.90. The normalized spacial score (nSPS) is 12.0. The number of carbonyl (C=O) groups excluding carboxylic acids is 2. The Morgan fingerprint density at radius 1 is 0.975 bits per heavy atom. The van der Waals surface area contributed by atoms with Gasteiger partial charge in [-0.3, -0.25) is 19.4 Å². The number of aryl methyl sites for hydroxylation is 1. The van der Waals surface area contributed by atoms with Crippen LogP contribution in [0.15, 0.2) is 60.8 Å². The molecular formula is C32H33ClN2O5. The van der Waals surface area contributed by atoms with Crippen LogP contribution >= 0.6 is 11.6 Å². The van der Waals surface area contributed by atoms with Gasteiger partial charge < -0.3 is 14.2 Å². The summed E-state index contributed by atoms with van der Waals surface area (Å²) in [5, 5.41) is 10.5. The molecule has 0 radical (unpaired) electrons. The molecule has 8 heteroatoms. The van der Waals surface area contributed by atoms with Crippen LogP contribution in [0.5, 0.6) is 5.75 Å². The number of halogens is 1. The van der Waals surface area contributed by atoms with Crippen molar-refractivity contribution >= 4 is 34.7 Å². The number of carboxylic acids is 1. The zero-order valence-corrected chi connectivity index (χ0v) is 24.3. The number of aliphatic carboxylic acids is 1. The summed E-state index contributed by atoms with van der Waals surface area (Å²) in [5.41, 5.74) is 1.39. The number of ether oxygens (including phenoxy) is 1. The Hall–Kier alpha value is -3.97. The number of benzene rings is 1. The summed E-state index contributed by atoms with van der Waals surface area (Å²) < 4.78 is 7.70. The van der Waals surface area contributed by atoms with Gasteiger partial charge in [-0.25, -0.2) is 0 Å². The first-order valence-electron chi connectivity index (χ1n) is 13.0. The number of rotatable bonds is 9. The van der Waals surface area contributed by atoms with Gasteiger partial charge >= 0.3 is 5.97 Å². The lowest BCUT2D eigenvalue weighted by atomic mass is 9.80. The van der Waals surface area contributed by atoms with Gasteiger partial charge in [0, 0.05) is 21.7 Å². The second-order valence-electron chi connectivity index (χ2n) is 11.7. The number of carbonyl (C=O) groups is 3. The molecule has 7 nitrogen and oxygen atoms in total. The lowest BCUT2D eigenvalue weighted by Crippen LogP contribution is -2.29.